The topological polar surface area (TPSA) is 72.8 Å². The van der Waals surface area contributed by atoms with Crippen molar-refractivity contribution >= 4 is 11.9 Å². The van der Waals surface area contributed by atoms with Crippen LogP contribution in [0.25, 0.3) is 0 Å². The summed E-state index contributed by atoms with van der Waals surface area (Å²) in [6, 6.07) is 0. The van der Waals surface area contributed by atoms with E-state index < -0.39 is 11.0 Å². The van der Waals surface area contributed by atoms with Gasteiger partial charge in [-0.15, -0.1) is 6.58 Å². The average Bonchev–Trinajstić information content (AvgIpc) is 3.04. The molecule has 2 atom stereocenters. The molecular formula is C15H26O5. The molecule has 1 N–H and O–H groups in total. The molecule has 0 saturated heterocycles. The first kappa shape index (κ1) is 18.6. The zero-order valence-corrected chi connectivity index (χ0v) is 13.1. The van der Waals surface area contributed by atoms with E-state index in [1.807, 2.05) is 0 Å². The van der Waals surface area contributed by atoms with E-state index >= 15 is 0 Å². The van der Waals surface area contributed by atoms with Gasteiger partial charge in [0.15, 0.2) is 0 Å². The number of carbonyl (C=O) groups is 2. The van der Waals surface area contributed by atoms with Gasteiger partial charge in [0.2, 0.25) is 0 Å². The minimum Gasteiger partial charge on any atom is -0.466 e. The molecule has 0 aromatic heterocycles. The molecule has 5 nitrogen and oxygen atoms in total. The normalized spacial score (nSPS) is 24.0. The van der Waals surface area contributed by atoms with Gasteiger partial charge in [-0.3, -0.25) is 9.59 Å². The van der Waals surface area contributed by atoms with Crippen LogP contribution in [-0.2, 0) is 19.1 Å². The molecule has 1 aliphatic carbocycles. The van der Waals surface area contributed by atoms with Crippen molar-refractivity contribution in [3.8, 4) is 0 Å². The molecule has 1 aliphatic rings. The number of hydrogen-bond donors (Lipinski definition) is 1. The lowest BCUT2D eigenvalue weighted by Crippen LogP contribution is -2.29. The van der Waals surface area contributed by atoms with Crippen molar-refractivity contribution in [2.75, 3.05) is 13.7 Å². The SMILES string of the molecule is C=C[C@@H]1C[C@]1(CC(=O)OC(C)(C)C)C(=O)OCC.CO. The summed E-state index contributed by atoms with van der Waals surface area (Å²) >= 11 is 0. The van der Waals surface area contributed by atoms with Crippen molar-refractivity contribution in [2.24, 2.45) is 11.3 Å². The summed E-state index contributed by atoms with van der Waals surface area (Å²) in [6.07, 6.45) is 2.40. The maximum absolute atomic E-state index is 11.9. The van der Waals surface area contributed by atoms with Gasteiger partial charge in [0.05, 0.1) is 18.4 Å². The Kier molecular flexibility index (Phi) is 6.92. The Balaban J connectivity index is 0.00000172. The molecule has 0 amide bonds. The number of allylic oxidation sites excluding steroid dienone is 1. The van der Waals surface area contributed by atoms with E-state index in [2.05, 4.69) is 6.58 Å². The number of aliphatic hydroxyl groups is 1. The van der Waals surface area contributed by atoms with E-state index in [-0.39, 0.29) is 24.3 Å². The largest absolute Gasteiger partial charge is 0.466 e. The van der Waals surface area contributed by atoms with Gasteiger partial charge < -0.3 is 14.6 Å². The lowest BCUT2D eigenvalue weighted by molar-refractivity contribution is -0.163. The first-order valence-electron chi connectivity index (χ1n) is 6.71. The number of hydrogen-bond acceptors (Lipinski definition) is 5. The number of carbonyl (C=O) groups excluding carboxylic acids is 2. The Morgan fingerprint density at radius 3 is 2.30 bits per heavy atom. The van der Waals surface area contributed by atoms with Gasteiger partial charge >= 0.3 is 11.9 Å². The third-order valence-electron chi connectivity index (χ3n) is 2.98. The fourth-order valence-electron chi connectivity index (χ4n) is 2.06. The molecular weight excluding hydrogens is 260 g/mol. The first-order valence-corrected chi connectivity index (χ1v) is 6.71. The van der Waals surface area contributed by atoms with Gasteiger partial charge in [-0.25, -0.2) is 0 Å². The van der Waals surface area contributed by atoms with Gasteiger partial charge in [-0.05, 0) is 40.0 Å². The Bertz CT molecular complexity index is 356. The number of esters is 2. The highest BCUT2D eigenvalue weighted by atomic mass is 16.6. The van der Waals surface area contributed by atoms with Crippen molar-refractivity contribution in [1.29, 1.82) is 0 Å². The van der Waals surface area contributed by atoms with Crippen molar-refractivity contribution < 1.29 is 24.2 Å². The molecule has 0 aliphatic heterocycles. The van der Waals surface area contributed by atoms with E-state index in [0.717, 1.165) is 7.11 Å². The third kappa shape index (κ3) is 4.96. The molecule has 0 radical (unpaired) electrons. The molecule has 1 rings (SSSR count). The molecule has 0 spiro atoms. The van der Waals surface area contributed by atoms with Crippen LogP contribution in [0.4, 0.5) is 0 Å². The Morgan fingerprint density at radius 2 is 1.95 bits per heavy atom. The van der Waals surface area contributed by atoms with Gasteiger partial charge in [-0.2, -0.15) is 0 Å². The van der Waals surface area contributed by atoms with E-state index in [1.165, 1.54) is 0 Å². The summed E-state index contributed by atoms with van der Waals surface area (Å²) in [5, 5.41) is 7.00. The van der Waals surface area contributed by atoms with Crippen LogP contribution >= 0.6 is 0 Å². The Morgan fingerprint density at radius 1 is 1.40 bits per heavy atom. The van der Waals surface area contributed by atoms with Crippen LogP contribution in [0.5, 0.6) is 0 Å². The van der Waals surface area contributed by atoms with Crippen LogP contribution < -0.4 is 0 Å². The average molecular weight is 286 g/mol. The van der Waals surface area contributed by atoms with Crippen molar-refractivity contribution in [1.82, 2.24) is 0 Å². The fourth-order valence-corrected chi connectivity index (χ4v) is 2.06. The molecule has 20 heavy (non-hydrogen) atoms. The fraction of sp³-hybridized carbons (Fsp3) is 0.733. The minimum atomic E-state index is -0.736. The Labute approximate surface area is 121 Å². The lowest BCUT2D eigenvalue weighted by atomic mass is 9.99. The second kappa shape index (κ2) is 7.43. The predicted molar refractivity (Wildman–Crippen MR) is 76.0 cm³/mol. The zero-order valence-electron chi connectivity index (χ0n) is 13.1. The van der Waals surface area contributed by atoms with Gasteiger partial charge in [-0.1, -0.05) is 6.08 Å². The molecule has 0 bridgehead atoms. The highest BCUT2D eigenvalue weighted by molar-refractivity contribution is 5.87. The molecule has 116 valence electrons. The second-order valence-corrected chi connectivity index (χ2v) is 5.69. The molecule has 1 saturated carbocycles. The summed E-state index contributed by atoms with van der Waals surface area (Å²) in [7, 11) is 1.00. The second-order valence-electron chi connectivity index (χ2n) is 5.69. The van der Waals surface area contributed by atoms with E-state index in [9.17, 15) is 9.59 Å². The van der Waals surface area contributed by atoms with Crippen LogP contribution in [0, 0.1) is 11.3 Å². The number of ether oxygens (including phenoxy) is 2. The summed E-state index contributed by atoms with van der Waals surface area (Å²) in [6.45, 7) is 11.2. The van der Waals surface area contributed by atoms with Crippen LogP contribution in [0.1, 0.15) is 40.5 Å². The standard InChI is InChI=1S/C14H22O4.CH4O/c1-6-10-8-14(10,12(16)17-7-2)9-11(15)18-13(3,4)5;1-2/h6,10H,1,7-9H2,2-5H3;2H,1H3/t10-,14-;/m1./s1. The summed E-state index contributed by atoms with van der Waals surface area (Å²) in [5.41, 5.74) is -1.27. The molecule has 0 unspecified atom stereocenters. The van der Waals surface area contributed by atoms with E-state index in [4.69, 9.17) is 14.6 Å². The van der Waals surface area contributed by atoms with E-state index in [0.29, 0.717) is 13.0 Å². The smallest absolute Gasteiger partial charge is 0.313 e. The van der Waals surface area contributed by atoms with Crippen LogP contribution in [-0.4, -0.2) is 36.4 Å². The molecule has 0 heterocycles. The summed E-state index contributed by atoms with van der Waals surface area (Å²) in [5.74, 6) is -0.662. The van der Waals surface area contributed by atoms with Crippen LogP contribution in [0.3, 0.4) is 0 Å². The highest BCUT2D eigenvalue weighted by Crippen LogP contribution is 2.57. The maximum atomic E-state index is 11.9. The van der Waals surface area contributed by atoms with Crippen LogP contribution in [0.2, 0.25) is 0 Å². The van der Waals surface area contributed by atoms with E-state index in [1.54, 1.807) is 33.8 Å². The number of rotatable bonds is 5. The highest BCUT2D eigenvalue weighted by Gasteiger charge is 2.61. The Hall–Kier alpha value is -1.36. The lowest BCUT2D eigenvalue weighted by Gasteiger charge is -2.21. The monoisotopic (exact) mass is 286 g/mol. The quantitative estimate of drug-likeness (QED) is 0.619. The maximum Gasteiger partial charge on any atom is 0.313 e. The summed E-state index contributed by atoms with van der Waals surface area (Å²) < 4.78 is 10.3. The molecule has 0 aromatic rings. The predicted octanol–water partition coefficient (Wildman–Crippen LogP) is 2.08. The minimum absolute atomic E-state index is 0.0177. The molecule has 1 fully saturated rings. The van der Waals surface area contributed by atoms with Crippen molar-refractivity contribution in [2.45, 2.75) is 46.1 Å². The van der Waals surface area contributed by atoms with Gasteiger partial charge in [0, 0.05) is 7.11 Å². The van der Waals surface area contributed by atoms with Crippen molar-refractivity contribution in [3.05, 3.63) is 12.7 Å². The van der Waals surface area contributed by atoms with Gasteiger partial charge in [0.25, 0.3) is 0 Å². The third-order valence-corrected chi connectivity index (χ3v) is 2.98. The number of aliphatic hydroxyl groups excluding tert-OH is 1. The van der Waals surface area contributed by atoms with Gasteiger partial charge in [0.1, 0.15) is 5.60 Å². The zero-order chi connectivity index (χ0) is 16.0. The first-order chi connectivity index (χ1) is 9.25. The molecule has 5 heteroatoms. The van der Waals surface area contributed by atoms with Crippen LogP contribution in [0.15, 0.2) is 12.7 Å². The summed E-state index contributed by atoms with van der Waals surface area (Å²) in [4.78, 5) is 23.7. The van der Waals surface area contributed by atoms with Crippen molar-refractivity contribution in [3.63, 3.8) is 0 Å². The molecule has 0 aromatic carbocycles.